The fourth-order valence-electron chi connectivity index (χ4n) is 2.31. The molecule has 7 nitrogen and oxygen atoms in total. The van der Waals surface area contributed by atoms with E-state index in [9.17, 15) is 18.0 Å². The Morgan fingerprint density at radius 3 is 2.56 bits per heavy atom. The minimum atomic E-state index is -4.47. The Kier molecular flexibility index (Phi) is 5.17. The van der Waals surface area contributed by atoms with Crippen LogP contribution in [0.5, 0.6) is 0 Å². The molecule has 10 heteroatoms. The number of hydrogen-bond donors (Lipinski definition) is 2. The van der Waals surface area contributed by atoms with Gasteiger partial charge in [-0.3, -0.25) is 4.79 Å². The summed E-state index contributed by atoms with van der Waals surface area (Å²) in [6, 6.07) is 11.6. The molecule has 0 spiro atoms. The number of tetrazole rings is 1. The number of nitrogens with zero attached hydrogens (tertiary/aromatic N) is 4. The first-order valence-electron chi connectivity index (χ1n) is 7.89. The van der Waals surface area contributed by atoms with Gasteiger partial charge in [0.2, 0.25) is 11.7 Å². The molecule has 1 amide bonds. The van der Waals surface area contributed by atoms with Crippen LogP contribution in [-0.4, -0.2) is 26.1 Å². The molecule has 140 valence electrons. The zero-order valence-corrected chi connectivity index (χ0v) is 13.9. The number of carbonyl (C=O) groups excluding carboxylic acids is 1. The number of aromatic nitrogens is 4. The van der Waals surface area contributed by atoms with Gasteiger partial charge in [-0.05, 0) is 35.0 Å². The molecule has 0 radical (unpaired) electrons. The highest BCUT2D eigenvalue weighted by atomic mass is 19.4. The zero-order valence-electron chi connectivity index (χ0n) is 13.9. The normalized spacial score (nSPS) is 11.4. The summed E-state index contributed by atoms with van der Waals surface area (Å²) in [5, 5.41) is 14.0. The number of carbonyl (C=O) groups is 1. The third-order valence-corrected chi connectivity index (χ3v) is 3.66. The number of halogens is 3. The predicted octanol–water partition coefficient (Wildman–Crippen LogP) is 2.46. The smallest absolute Gasteiger partial charge is 0.326 e. The standard InChI is InChI=1S/C17H15F3N6O/c18-17(19,20)13-3-1-2-12(8-13)16-23-25-26(24-16)10-15(27)22-14-6-4-11(9-21)5-7-14/h1-8H,9-10,21H2,(H,22,27). The van der Waals surface area contributed by atoms with Crippen molar-refractivity contribution in [2.24, 2.45) is 5.73 Å². The Balaban J connectivity index is 1.68. The van der Waals surface area contributed by atoms with Gasteiger partial charge in [-0.15, -0.1) is 10.2 Å². The van der Waals surface area contributed by atoms with Crippen molar-refractivity contribution < 1.29 is 18.0 Å². The lowest BCUT2D eigenvalue weighted by molar-refractivity contribution is -0.137. The van der Waals surface area contributed by atoms with E-state index in [0.29, 0.717) is 12.2 Å². The van der Waals surface area contributed by atoms with Gasteiger partial charge in [0.1, 0.15) is 6.54 Å². The van der Waals surface area contributed by atoms with E-state index in [2.05, 4.69) is 20.7 Å². The van der Waals surface area contributed by atoms with Crippen LogP contribution in [0.3, 0.4) is 0 Å². The number of benzene rings is 2. The monoisotopic (exact) mass is 376 g/mol. The topological polar surface area (TPSA) is 98.7 Å². The highest BCUT2D eigenvalue weighted by Crippen LogP contribution is 2.31. The second-order valence-corrected chi connectivity index (χ2v) is 5.67. The molecule has 3 N–H and O–H groups in total. The van der Waals surface area contributed by atoms with E-state index in [-0.39, 0.29) is 17.9 Å². The highest BCUT2D eigenvalue weighted by Gasteiger charge is 2.30. The molecular weight excluding hydrogens is 361 g/mol. The molecule has 0 fully saturated rings. The van der Waals surface area contributed by atoms with Crippen molar-refractivity contribution in [3.8, 4) is 11.4 Å². The lowest BCUT2D eigenvalue weighted by Gasteiger charge is -2.06. The molecule has 0 aliphatic heterocycles. The molecule has 1 aromatic heterocycles. The molecule has 3 aromatic rings. The van der Waals surface area contributed by atoms with Crippen molar-refractivity contribution in [3.63, 3.8) is 0 Å². The maximum absolute atomic E-state index is 12.8. The first-order chi connectivity index (χ1) is 12.8. The van der Waals surface area contributed by atoms with Gasteiger partial charge >= 0.3 is 6.18 Å². The molecule has 0 aliphatic rings. The Hall–Kier alpha value is -3.27. The van der Waals surface area contributed by atoms with E-state index in [1.807, 2.05) is 0 Å². The largest absolute Gasteiger partial charge is 0.416 e. The van der Waals surface area contributed by atoms with Crippen LogP contribution in [0.25, 0.3) is 11.4 Å². The van der Waals surface area contributed by atoms with Gasteiger partial charge in [0.25, 0.3) is 0 Å². The molecule has 1 heterocycles. The van der Waals surface area contributed by atoms with E-state index in [1.54, 1.807) is 24.3 Å². The second-order valence-electron chi connectivity index (χ2n) is 5.67. The van der Waals surface area contributed by atoms with Gasteiger partial charge < -0.3 is 11.1 Å². The van der Waals surface area contributed by atoms with E-state index in [4.69, 9.17) is 5.73 Å². The zero-order chi connectivity index (χ0) is 19.4. The number of nitrogens with two attached hydrogens (primary N) is 1. The summed E-state index contributed by atoms with van der Waals surface area (Å²) in [6.07, 6.45) is -4.47. The summed E-state index contributed by atoms with van der Waals surface area (Å²) in [5.74, 6) is -0.398. The fourth-order valence-corrected chi connectivity index (χ4v) is 2.31. The van der Waals surface area contributed by atoms with Crippen LogP contribution in [0.1, 0.15) is 11.1 Å². The van der Waals surface area contributed by atoms with Crippen LogP contribution in [0.15, 0.2) is 48.5 Å². The van der Waals surface area contributed by atoms with Gasteiger partial charge in [-0.2, -0.15) is 18.0 Å². The van der Waals surface area contributed by atoms with E-state index in [1.165, 1.54) is 12.1 Å². The fraction of sp³-hybridized carbons (Fsp3) is 0.176. The molecule has 2 aromatic carbocycles. The minimum absolute atomic E-state index is 0.00111. The van der Waals surface area contributed by atoms with Gasteiger partial charge in [0.05, 0.1) is 5.56 Å². The average Bonchev–Trinajstić information content (AvgIpc) is 3.10. The second kappa shape index (κ2) is 7.54. The van der Waals surface area contributed by atoms with Crippen molar-refractivity contribution in [1.82, 2.24) is 20.2 Å². The quantitative estimate of drug-likeness (QED) is 0.713. The van der Waals surface area contributed by atoms with Crippen LogP contribution >= 0.6 is 0 Å². The van der Waals surface area contributed by atoms with Crippen molar-refractivity contribution >= 4 is 11.6 Å². The lowest BCUT2D eigenvalue weighted by Crippen LogP contribution is -2.20. The maximum atomic E-state index is 12.8. The molecule has 0 saturated carbocycles. The number of hydrogen-bond acceptors (Lipinski definition) is 5. The van der Waals surface area contributed by atoms with Crippen molar-refractivity contribution in [2.75, 3.05) is 5.32 Å². The predicted molar refractivity (Wildman–Crippen MR) is 91.2 cm³/mol. The van der Waals surface area contributed by atoms with Crippen molar-refractivity contribution in [3.05, 3.63) is 59.7 Å². The Bertz CT molecular complexity index is 936. The SMILES string of the molecule is NCc1ccc(NC(=O)Cn2nnc(-c3cccc(C(F)(F)F)c3)n2)cc1. The van der Waals surface area contributed by atoms with Gasteiger partial charge in [-0.25, -0.2) is 0 Å². The molecule has 0 unspecified atom stereocenters. The summed E-state index contributed by atoms with van der Waals surface area (Å²) in [7, 11) is 0. The minimum Gasteiger partial charge on any atom is -0.326 e. The van der Waals surface area contributed by atoms with Crippen LogP contribution in [-0.2, 0) is 24.1 Å². The molecule has 0 aliphatic carbocycles. The van der Waals surface area contributed by atoms with Crippen LogP contribution < -0.4 is 11.1 Å². The Morgan fingerprint density at radius 2 is 1.89 bits per heavy atom. The van der Waals surface area contributed by atoms with Crippen molar-refractivity contribution in [2.45, 2.75) is 19.3 Å². The highest BCUT2D eigenvalue weighted by molar-refractivity contribution is 5.90. The summed E-state index contributed by atoms with van der Waals surface area (Å²) in [4.78, 5) is 13.1. The van der Waals surface area contributed by atoms with E-state index >= 15 is 0 Å². The van der Waals surface area contributed by atoms with E-state index in [0.717, 1.165) is 22.5 Å². The molecule has 0 bridgehead atoms. The molecule has 0 atom stereocenters. The average molecular weight is 376 g/mol. The number of amides is 1. The molecule has 0 saturated heterocycles. The first-order valence-corrected chi connectivity index (χ1v) is 7.89. The lowest BCUT2D eigenvalue weighted by atomic mass is 10.1. The number of alkyl halides is 3. The third-order valence-electron chi connectivity index (χ3n) is 3.66. The van der Waals surface area contributed by atoms with Crippen LogP contribution in [0, 0.1) is 0 Å². The molecular formula is C17H15F3N6O. The van der Waals surface area contributed by atoms with Gasteiger partial charge in [0.15, 0.2) is 0 Å². The van der Waals surface area contributed by atoms with E-state index < -0.39 is 17.6 Å². The summed E-state index contributed by atoms with van der Waals surface area (Å²) >= 11 is 0. The molecule has 27 heavy (non-hydrogen) atoms. The number of nitrogens with one attached hydrogen (secondary N) is 1. The van der Waals surface area contributed by atoms with Crippen LogP contribution in [0.2, 0.25) is 0 Å². The number of anilines is 1. The Labute approximate surface area is 152 Å². The summed E-state index contributed by atoms with van der Waals surface area (Å²) in [5.41, 5.74) is 6.37. The Morgan fingerprint density at radius 1 is 1.15 bits per heavy atom. The molecule has 3 rings (SSSR count). The maximum Gasteiger partial charge on any atom is 0.416 e. The van der Waals surface area contributed by atoms with Crippen LogP contribution in [0.4, 0.5) is 18.9 Å². The summed E-state index contributed by atoms with van der Waals surface area (Å²) in [6.45, 7) is 0.167. The third kappa shape index (κ3) is 4.67. The van der Waals surface area contributed by atoms with Gasteiger partial charge in [0, 0.05) is 17.8 Å². The van der Waals surface area contributed by atoms with Crippen molar-refractivity contribution in [1.29, 1.82) is 0 Å². The van der Waals surface area contributed by atoms with Gasteiger partial charge in [-0.1, -0.05) is 24.3 Å². The first kappa shape index (κ1) is 18.5. The summed E-state index contributed by atoms with van der Waals surface area (Å²) < 4.78 is 38.4. The number of rotatable bonds is 5.